The molecule has 1 atom stereocenters. The number of hydrogen-bond donors (Lipinski definition) is 1. The third-order valence-corrected chi connectivity index (χ3v) is 1.38. The van der Waals surface area contributed by atoms with Crippen molar-refractivity contribution in [2.24, 2.45) is 0 Å². The minimum atomic E-state index is -0.295. The first-order valence-corrected chi connectivity index (χ1v) is 3.25. The molecule has 0 saturated heterocycles. The average molecular weight is 142 g/mol. The Labute approximate surface area is 59.3 Å². The standard InChI is InChI=1S/C7H10O3/c1-5(8)10-7-3-2-6(9)4-7/h4,7,9H,2-3H2,1H3/t7-/m0/s1. The van der Waals surface area contributed by atoms with Gasteiger partial charge >= 0.3 is 5.97 Å². The Balaban J connectivity index is 2.38. The van der Waals surface area contributed by atoms with E-state index in [1.54, 1.807) is 6.08 Å². The van der Waals surface area contributed by atoms with Crippen molar-refractivity contribution < 1.29 is 14.6 Å². The maximum absolute atomic E-state index is 10.4. The monoisotopic (exact) mass is 142 g/mol. The summed E-state index contributed by atoms with van der Waals surface area (Å²) in [6.45, 7) is 1.36. The molecule has 0 radical (unpaired) electrons. The van der Waals surface area contributed by atoms with Crippen LogP contribution in [0.2, 0.25) is 0 Å². The smallest absolute Gasteiger partial charge is 0.303 e. The minimum Gasteiger partial charge on any atom is -0.513 e. The Bertz CT molecular complexity index is 172. The Hall–Kier alpha value is -0.990. The highest BCUT2D eigenvalue weighted by Gasteiger charge is 2.16. The molecule has 1 aliphatic rings. The molecular formula is C7H10O3. The van der Waals surface area contributed by atoms with E-state index in [2.05, 4.69) is 0 Å². The van der Waals surface area contributed by atoms with Gasteiger partial charge in [-0.3, -0.25) is 4.79 Å². The summed E-state index contributed by atoms with van der Waals surface area (Å²) in [5.74, 6) is 0.0298. The van der Waals surface area contributed by atoms with Crippen molar-refractivity contribution in [3.8, 4) is 0 Å². The number of carbonyl (C=O) groups excluding carboxylic acids is 1. The lowest BCUT2D eigenvalue weighted by molar-refractivity contribution is -0.144. The van der Waals surface area contributed by atoms with E-state index in [1.165, 1.54) is 6.92 Å². The molecule has 0 heterocycles. The van der Waals surface area contributed by atoms with E-state index in [4.69, 9.17) is 9.84 Å². The predicted octanol–water partition coefficient (Wildman–Crippen LogP) is 1.15. The maximum atomic E-state index is 10.4. The molecular weight excluding hydrogens is 132 g/mol. The van der Waals surface area contributed by atoms with Crippen LogP contribution in [0.25, 0.3) is 0 Å². The first kappa shape index (κ1) is 7.12. The molecule has 0 aromatic carbocycles. The van der Waals surface area contributed by atoms with E-state index in [9.17, 15) is 4.79 Å². The van der Waals surface area contributed by atoms with Crippen LogP contribution >= 0.6 is 0 Å². The van der Waals surface area contributed by atoms with Crippen molar-refractivity contribution >= 4 is 5.97 Å². The van der Waals surface area contributed by atoms with Gasteiger partial charge in [0.15, 0.2) is 0 Å². The predicted molar refractivity (Wildman–Crippen MR) is 35.5 cm³/mol. The summed E-state index contributed by atoms with van der Waals surface area (Å²) in [4.78, 5) is 10.4. The largest absolute Gasteiger partial charge is 0.513 e. The van der Waals surface area contributed by atoms with Gasteiger partial charge in [0, 0.05) is 13.3 Å². The summed E-state index contributed by atoms with van der Waals surface area (Å²) in [6.07, 6.45) is 2.71. The first-order valence-electron chi connectivity index (χ1n) is 3.25. The van der Waals surface area contributed by atoms with Gasteiger partial charge in [-0.2, -0.15) is 0 Å². The van der Waals surface area contributed by atoms with E-state index in [0.717, 1.165) is 0 Å². The Morgan fingerprint density at radius 1 is 1.90 bits per heavy atom. The fourth-order valence-electron chi connectivity index (χ4n) is 0.978. The highest BCUT2D eigenvalue weighted by atomic mass is 16.5. The first-order chi connectivity index (χ1) is 4.68. The van der Waals surface area contributed by atoms with Crippen molar-refractivity contribution in [3.05, 3.63) is 11.8 Å². The van der Waals surface area contributed by atoms with Crippen LogP contribution in [0.1, 0.15) is 19.8 Å². The summed E-state index contributed by atoms with van der Waals surface area (Å²) in [7, 11) is 0. The molecule has 0 bridgehead atoms. The molecule has 3 heteroatoms. The molecule has 0 amide bonds. The molecule has 10 heavy (non-hydrogen) atoms. The highest BCUT2D eigenvalue weighted by molar-refractivity contribution is 5.66. The lowest BCUT2D eigenvalue weighted by Gasteiger charge is -2.05. The number of aliphatic hydroxyl groups excluding tert-OH is 1. The summed E-state index contributed by atoms with van der Waals surface area (Å²) in [5.41, 5.74) is 0. The van der Waals surface area contributed by atoms with Crippen LogP contribution in [-0.4, -0.2) is 17.2 Å². The summed E-state index contributed by atoms with van der Waals surface area (Å²) in [6, 6.07) is 0. The van der Waals surface area contributed by atoms with Crippen LogP contribution in [0.4, 0.5) is 0 Å². The van der Waals surface area contributed by atoms with Crippen molar-refractivity contribution in [1.29, 1.82) is 0 Å². The lowest BCUT2D eigenvalue weighted by Crippen LogP contribution is -2.10. The number of carbonyl (C=O) groups is 1. The zero-order chi connectivity index (χ0) is 7.56. The fourth-order valence-corrected chi connectivity index (χ4v) is 0.978. The Morgan fingerprint density at radius 3 is 3.00 bits per heavy atom. The van der Waals surface area contributed by atoms with Gasteiger partial charge in [-0.25, -0.2) is 0 Å². The van der Waals surface area contributed by atoms with Crippen LogP contribution in [0.15, 0.2) is 11.8 Å². The SMILES string of the molecule is CC(=O)O[C@@H]1C=C(O)CC1. The van der Waals surface area contributed by atoms with Crippen molar-refractivity contribution in [1.82, 2.24) is 0 Å². The van der Waals surface area contributed by atoms with Crippen molar-refractivity contribution in [2.45, 2.75) is 25.9 Å². The van der Waals surface area contributed by atoms with Gasteiger partial charge in [-0.1, -0.05) is 0 Å². The van der Waals surface area contributed by atoms with E-state index < -0.39 is 0 Å². The normalized spacial score (nSPS) is 24.1. The maximum Gasteiger partial charge on any atom is 0.303 e. The molecule has 0 aromatic rings. The molecule has 56 valence electrons. The Kier molecular flexibility index (Phi) is 1.94. The second-order valence-electron chi connectivity index (χ2n) is 2.34. The van der Waals surface area contributed by atoms with Gasteiger partial charge in [0.05, 0.1) is 5.76 Å². The second kappa shape index (κ2) is 2.73. The average Bonchev–Trinajstić information content (AvgIpc) is 2.13. The zero-order valence-corrected chi connectivity index (χ0v) is 5.83. The molecule has 0 fully saturated rings. The van der Waals surface area contributed by atoms with Gasteiger partial charge in [-0.05, 0) is 12.5 Å². The molecule has 0 spiro atoms. The minimum absolute atomic E-state index is 0.197. The molecule has 0 unspecified atom stereocenters. The van der Waals surface area contributed by atoms with Crippen LogP contribution in [0.3, 0.4) is 0 Å². The van der Waals surface area contributed by atoms with E-state index in [1.807, 2.05) is 0 Å². The second-order valence-corrected chi connectivity index (χ2v) is 2.34. The zero-order valence-electron chi connectivity index (χ0n) is 5.83. The third-order valence-electron chi connectivity index (χ3n) is 1.38. The van der Waals surface area contributed by atoms with Gasteiger partial charge in [0.1, 0.15) is 6.10 Å². The number of esters is 1. The van der Waals surface area contributed by atoms with Gasteiger partial charge in [0.2, 0.25) is 0 Å². The number of aliphatic hydroxyl groups is 1. The van der Waals surface area contributed by atoms with E-state index in [-0.39, 0.29) is 12.1 Å². The number of hydrogen-bond acceptors (Lipinski definition) is 3. The number of allylic oxidation sites excluding steroid dienone is 1. The quantitative estimate of drug-likeness (QED) is 0.559. The summed E-state index contributed by atoms with van der Waals surface area (Å²) >= 11 is 0. The fraction of sp³-hybridized carbons (Fsp3) is 0.571. The van der Waals surface area contributed by atoms with Gasteiger partial charge in [-0.15, -0.1) is 0 Å². The van der Waals surface area contributed by atoms with Crippen molar-refractivity contribution in [2.75, 3.05) is 0 Å². The number of rotatable bonds is 1. The van der Waals surface area contributed by atoms with Crippen LogP contribution in [-0.2, 0) is 9.53 Å². The molecule has 0 aliphatic heterocycles. The van der Waals surface area contributed by atoms with E-state index in [0.29, 0.717) is 18.6 Å². The molecule has 0 saturated carbocycles. The summed E-state index contributed by atoms with van der Waals surface area (Å²) < 4.78 is 4.81. The molecule has 3 nitrogen and oxygen atoms in total. The molecule has 1 N–H and O–H groups in total. The van der Waals surface area contributed by atoms with Crippen LogP contribution < -0.4 is 0 Å². The molecule has 1 aliphatic carbocycles. The molecule has 0 aromatic heterocycles. The third kappa shape index (κ3) is 1.76. The lowest BCUT2D eigenvalue weighted by atomic mass is 10.3. The van der Waals surface area contributed by atoms with E-state index >= 15 is 0 Å². The van der Waals surface area contributed by atoms with Crippen molar-refractivity contribution in [3.63, 3.8) is 0 Å². The molecule has 1 rings (SSSR count). The van der Waals surface area contributed by atoms with Gasteiger partial charge in [0.25, 0.3) is 0 Å². The topological polar surface area (TPSA) is 46.5 Å². The number of ether oxygens (including phenoxy) is 1. The Morgan fingerprint density at radius 2 is 2.60 bits per heavy atom. The highest BCUT2D eigenvalue weighted by Crippen LogP contribution is 2.18. The van der Waals surface area contributed by atoms with Crippen LogP contribution in [0, 0.1) is 0 Å². The van der Waals surface area contributed by atoms with Gasteiger partial charge < -0.3 is 9.84 Å². The summed E-state index contributed by atoms with van der Waals surface area (Å²) in [5, 5.41) is 8.88. The van der Waals surface area contributed by atoms with Crippen LogP contribution in [0.5, 0.6) is 0 Å².